The van der Waals surface area contributed by atoms with Crippen molar-refractivity contribution in [3.63, 3.8) is 0 Å². The van der Waals surface area contributed by atoms with E-state index in [2.05, 4.69) is 0 Å². The van der Waals surface area contributed by atoms with Crippen LogP contribution >= 0.6 is 0 Å². The summed E-state index contributed by atoms with van der Waals surface area (Å²) in [5.74, 6) is 0.375. The summed E-state index contributed by atoms with van der Waals surface area (Å²) >= 11 is 0. The van der Waals surface area contributed by atoms with E-state index in [1.165, 1.54) is 13.2 Å². The van der Waals surface area contributed by atoms with Crippen molar-refractivity contribution in [1.29, 1.82) is 0 Å². The number of nitrogens with zero attached hydrogens (tertiary/aromatic N) is 1. The molecule has 3 rings (SSSR count). The highest BCUT2D eigenvalue weighted by atomic mass is 32.2. The highest BCUT2D eigenvalue weighted by Gasteiger charge is 2.68. The summed E-state index contributed by atoms with van der Waals surface area (Å²) in [7, 11) is -3.09. The minimum absolute atomic E-state index is 0.0366. The molecule has 5 nitrogen and oxygen atoms in total. The lowest BCUT2D eigenvalue weighted by molar-refractivity contribution is -0.150. The van der Waals surface area contributed by atoms with E-state index in [9.17, 15) is 13.2 Å². The van der Waals surface area contributed by atoms with E-state index in [1.54, 1.807) is 4.31 Å². The minimum atomic E-state index is -3.09. The van der Waals surface area contributed by atoms with Gasteiger partial charge in [0.25, 0.3) is 0 Å². The van der Waals surface area contributed by atoms with E-state index >= 15 is 0 Å². The summed E-state index contributed by atoms with van der Waals surface area (Å²) in [5, 5.41) is 0. The molecule has 0 N–H and O–H groups in total. The second-order valence-corrected chi connectivity index (χ2v) is 7.00. The summed E-state index contributed by atoms with van der Waals surface area (Å²) in [6.07, 6.45) is 2.93. The maximum absolute atomic E-state index is 11.5. The van der Waals surface area contributed by atoms with Crippen LogP contribution in [0.5, 0.6) is 0 Å². The molecule has 1 saturated heterocycles. The van der Waals surface area contributed by atoms with Gasteiger partial charge < -0.3 is 4.74 Å². The Morgan fingerprint density at radius 1 is 1.31 bits per heavy atom. The Morgan fingerprint density at radius 2 is 1.88 bits per heavy atom. The molecule has 3 unspecified atom stereocenters. The van der Waals surface area contributed by atoms with Gasteiger partial charge in [-0.3, -0.25) is 4.79 Å². The van der Waals surface area contributed by atoms with Gasteiger partial charge >= 0.3 is 5.97 Å². The van der Waals surface area contributed by atoms with Crippen LogP contribution in [0, 0.1) is 11.8 Å². The third-order valence-corrected chi connectivity index (χ3v) is 5.47. The van der Waals surface area contributed by atoms with Crippen molar-refractivity contribution in [2.24, 2.45) is 11.8 Å². The molecule has 0 aromatic heterocycles. The first-order valence-corrected chi connectivity index (χ1v) is 7.40. The number of esters is 1. The van der Waals surface area contributed by atoms with Gasteiger partial charge in [-0.05, 0) is 18.8 Å². The molecule has 2 saturated carbocycles. The third kappa shape index (κ3) is 1.20. The van der Waals surface area contributed by atoms with Crippen molar-refractivity contribution in [3.05, 3.63) is 0 Å². The molecule has 16 heavy (non-hydrogen) atoms. The number of carbonyl (C=O) groups excluding carboxylic acids is 1. The predicted molar refractivity (Wildman–Crippen MR) is 56.0 cm³/mol. The molecule has 3 atom stereocenters. The zero-order chi connectivity index (χ0) is 11.7. The smallest absolute Gasteiger partial charge is 0.302 e. The van der Waals surface area contributed by atoms with E-state index in [4.69, 9.17) is 4.74 Å². The number of ether oxygens (including phenoxy) is 1. The molecule has 2 aliphatic carbocycles. The predicted octanol–water partition coefficient (Wildman–Crippen LogP) is -0.0297. The number of hydrogen-bond donors (Lipinski definition) is 0. The minimum Gasteiger partial charge on any atom is -0.462 e. The molecule has 0 radical (unpaired) electrons. The molecule has 0 spiro atoms. The summed E-state index contributed by atoms with van der Waals surface area (Å²) in [6, 6.07) is 0.172. The van der Waals surface area contributed by atoms with Crippen LogP contribution in [0.3, 0.4) is 0 Å². The van der Waals surface area contributed by atoms with Crippen molar-refractivity contribution < 1.29 is 17.9 Å². The fourth-order valence-corrected chi connectivity index (χ4v) is 5.29. The Balaban J connectivity index is 1.81. The highest BCUT2D eigenvalue weighted by Crippen LogP contribution is 2.59. The summed E-state index contributed by atoms with van der Waals surface area (Å²) < 4.78 is 30.0. The molecule has 0 aromatic carbocycles. The normalized spacial score (nSPS) is 45.5. The van der Waals surface area contributed by atoms with E-state index in [-0.39, 0.29) is 30.1 Å². The first-order valence-electron chi connectivity index (χ1n) is 5.55. The van der Waals surface area contributed by atoms with Crippen molar-refractivity contribution in [1.82, 2.24) is 4.31 Å². The second kappa shape index (κ2) is 2.98. The van der Waals surface area contributed by atoms with Gasteiger partial charge in [-0.2, -0.15) is 4.31 Å². The van der Waals surface area contributed by atoms with Crippen LogP contribution in [0.25, 0.3) is 0 Å². The van der Waals surface area contributed by atoms with Gasteiger partial charge in [-0.25, -0.2) is 8.42 Å². The summed E-state index contributed by atoms with van der Waals surface area (Å²) in [6.45, 7) is 1.41. The van der Waals surface area contributed by atoms with E-state index in [0.29, 0.717) is 5.92 Å². The Bertz CT molecular complexity index is 432. The number of piperidine rings is 1. The molecular formula is C10H15NO4S. The largest absolute Gasteiger partial charge is 0.462 e. The quantitative estimate of drug-likeness (QED) is 0.641. The lowest BCUT2D eigenvalue weighted by Crippen LogP contribution is -2.65. The fraction of sp³-hybridized carbons (Fsp3) is 0.900. The highest BCUT2D eigenvalue weighted by molar-refractivity contribution is 7.88. The van der Waals surface area contributed by atoms with Gasteiger partial charge in [0, 0.05) is 24.9 Å². The van der Waals surface area contributed by atoms with Crippen molar-refractivity contribution in [2.75, 3.05) is 6.26 Å². The van der Waals surface area contributed by atoms with Crippen LogP contribution in [-0.4, -0.2) is 43.1 Å². The topological polar surface area (TPSA) is 63.7 Å². The van der Waals surface area contributed by atoms with Crippen molar-refractivity contribution in [2.45, 2.75) is 38.0 Å². The van der Waals surface area contributed by atoms with Gasteiger partial charge in [0.15, 0.2) is 0 Å². The van der Waals surface area contributed by atoms with Gasteiger partial charge in [-0.15, -0.1) is 0 Å². The first-order chi connectivity index (χ1) is 7.39. The number of sulfonamides is 1. The molecular weight excluding hydrogens is 230 g/mol. The third-order valence-electron chi connectivity index (χ3n) is 4.16. The lowest BCUT2D eigenvalue weighted by Gasteiger charge is -2.51. The molecule has 6 heteroatoms. The van der Waals surface area contributed by atoms with Crippen molar-refractivity contribution in [3.8, 4) is 0 Å². The van der Waals surface area contributed by atoms with E-state index in [1.807, 2.05) is 0 Å². The van der Waals surface area contributed by atoms with Crippen LogP contribution in [0.1, 0.15) is 19.8 Å². The number of rotatable bonds is 2. The Hall–Kier alpha value is -0.620. The first kappa shape index (κ1) is 10.5. The van der Waals surface area contributed by atoms with Crippen LogP contribution in [0.4, 0.5) is 0 Å². The number of carbonyl (C=O) groups is 1. The molecule has 0 amide bonds. The van der Waals surface area contributed by atoms with Gasteiger partial charge in [-0.1, -0.05) is 0 Å². The Kier molecular flexibility index (Phi) is 1.96. The Morgan fingerprint density at radius 3 is 2.31 bits per heavy atom. The molecule has 3 aliphatic rings. The monoisotopic (exact) mass is 245 g/mol. The molecule has 90 valence electrons. The molecule has 2 bridgehead atoms. The van der Waals surface area contributed by atoms with E-state index < -0.39 is 10.0 Å². The zero-order valence-electron chi connectivity index (χ0n) is 9.29. The molecule has 3 fully saturated rings. The maximum atomic E-state index is 11.5. The number of hydrogen-bond acceptors (Lipinski definition) is 4. The van der Waals surface area contributed by atoms with Crippen molar-refractivity contribution >= 4 is 16.0 Å². The molecule has 1 aliphatic heterocycles. The molecule has 1 heterocycles. The van der Waals surface area contributed by atoms with Gasteiger partial charge in [0.2, 0.25) is 10.0 Å². The van der Waals surface area contributed by atoms with Crippen LogP contribution < -0.4 is 0 Å². The Labute approximate surface area is 94.8 Å². The van der Waals surface area contributed by atoms with E-state index in [0.717, 1.165) is 12.8 Å². The second-order valence-electron chi connectivity index (χ2n) is 5.11. The standard InChI is InChI=1S/C10H15NO4S/c1-5(12)15-10-6-3-7-9(10)8(4-6)11(7)16(2,13)14/h6-10H,3-4H2,1-2H3. The summed E-state index contributed by atoms with van der Waals surface area (Å²) in [4.78, 5) is 11.0. The number of fused-ring (bicyclic) bond motifs is 1. The van der Waals surface area contributed by atoms with Crippen LogP contribution in [0.15, 0.2) is 0 Å². The zero-order valence-corrected chi connectivity index (χ0v) is 10.1. The van der Waals surface area contributed by atoms with Crippen LogP contribution in [0.2, 0.25) is 0 Å². The van der Waals surface area contributed by atoms with Gasteiger partial charge in [0.05, 0.1) is 6.26 Å². The summed E-state index contributed by atoms with van der Waals surface area (Å²) in [5.41, 5.74) is 0. The SMILES string of the molecule is CC(=O)OC1C2CC3C1C(C2)N3S(C)(=O)=O. The average molecular weight is 245 g/mol. The van der Waals surface area contributed by atoms with Gasteiger partial charge in [0.1, 0.15) is 6.10 Å². The average Bonchev–Trinajstić information content (AvgIpc) is 2.51. The lowest BCUT2D eigenvalue weighted by atomic mass is 9.82. The fourth-order valence-electron chi connectivity index (χ4n) is 3.86. The van der Waals surface area contributed by atoms with Crippen LogP contribution in [-0.2, 0) is 19.6 Å². The maximum Gasteiger partial charge on any atom is 0.302 e. The molecule has 0 aromatic rings.